The zero-order valence-corrected chi connectivity index (χ0v) is 13.5. The quantitative estimate of drug-likeness (QED) is 0.777. The molecule has 6 heteroatoms. The Labute approximate surface area is 134 Å². The van der Waals surface area contributed by atoms with E-state index in [2.05, 4.69) is 0 Å². The Kier molecular flexibility index (Phi) is 6.30. The first-order valence-corrected chi connectivity index (χ1v) is 7.79. The van der Waals surface area contributed by atoms with E-state index in [0.29, 0.717) is 49.4 Å². The van der Waals surface area contributed by atoms with Crippen LogP contribution >= 0.6 is 23.2 Å². The summed E-state index contributed by atoms with van der Waals surface area (Å²) in [6.07, 6.45) is 0.242. The molecule has 1 amide bonds. The van der Waals surface area contributed by atoms with Crippen LogP contribution in [0, 0.1) is 0 Å². The summed E-state index contributed by atoms with van der Waals surface area (Å²) in [7, 11) is 0. The molecule has 1 fully saturated rings. The molecule has 116 valence electrons. The molecule has 0 aromatic heterocycles. The fraction of sp³-hybridized carbons (Fsp3) is 0.533. The van der Waals surface area contributed by atoms with Gasteiger partial charge in [-0.15, -0.1) is 0 Å². The van der Waals surface area contributed by atoms with Crippen molar-refractivity contribution in [1.82, 2.24) is 4.90 Å². The molecule has 1 aliphatic rings. The predicted octanol–water partition coefficient (Wildman–Crippen LogP) is 3.32. The van der Waals surface area contributed by atoms with Crippen molar-refractivity contribution in [3.63, 3.8) is 0 Å². The average molecular weight is 332 g/mol. The molecular weight excluding hydrogens is 313 g/mol. The normalized spacial score (nSPS) is 18.8. The summed E-state index contributed by atoms with van der Waals surface area (Å²) in [6, 6.07) is 5.42. The third-order valence-corrected chi connectivity index (χ3v) is 4.14. The third kappa shape index (κ3) is 4.58. The number of amides is 1. The number of ether oxygens (including phenoxy) is 2. The molecule has 0 spiro atoms. The standard InChI is InChI=1S/C15H19Cl2NO3/c1-2-20-7-5-15(19)18-6-8-21-14(10-18)11-3-4-12(16)13(17)9-11/h3-4,9,14H,2,5-8,10H2,1H3. The molecule has 1 aromatic carbocycles. The van der Waals surface area contributed by atoms with Crippen molar-refractivity contribution in [2.75, 3.05) is 32.9 Å². The molecule has 2 rings (SSSR count). The van der Waals surface area contributed by atoms with Crippen molar-refractivity contribution < 1.29 is 14.3 Å². The van der Waals surface area contributed by atoms with Crippen LogP contribution in [0.4, 0.5) is 0 Å². The van der Waals surface area contributed by atoms with E-state index in [9.17, 15) is 4.79 Å². The number of halogens is 2. The predicted molar refractivity (Wildman–Crippen MR) is 82.8 cm³/mol. The zero-order valence-electron chi connectivity index (χ0n) is 12.0. The van der Waals surface area contributed by atoms with E-state index in [-0.39, 0.29) is 12.0 Å². The zero-order chi connectivity index (χ0) is 15.2. The van der Waals surface area contributed by atoms with E-state index in [1.807, 2.05) is 17.9 Å². The van der Waals surface area contributed by atoms with Crippen LogP contribution in [-0.4, -0.2) is 43.7 Å². The molecule has 0 N–H and O–H groups in total. The second-order valence-corrected chi connectivity index (χ2v) is 5.63. The molecule has 1 aliphatic heterocycles. The van der Waals surface area contributed by atoms with Gasteiger partial charge in [0, 0.05) is 13.2 Å². The van der Waals surface area contributed by atoms with Gasteiger partial charge in [0.15, 0.2) is 0 Å². The van der Waals surface area contributed by atoms with Gasteiger partial charge in [0.1, 0.15) is 6.10 Å². The average Bonchev–Trinajstić information content (AvgIpc) is 2.50. The second kappa shape index (κ2) is 7.99. The van der Waals surface area contributed by atoms with Crippen LogP contribution in [0.1, 0.15) is 25.0 Å². The number of morpholine rings is 1. The largest absolute Gasteiger partial charge is 0.381 e. The van der Waals surface area contributed by atoms with Crippen molar-refractivity contribution in [2.45, 2.75) is 19.4 Å². The van der Waals surface area contributed by atoms with Gasteiger partial charge in [0.2, 0.25) is 5.91 Å². The third-order valence-electron chi connectivity index (χ3n) is 3.40. The van der Waals surface area contributed by atoms with Gasteiger partial charge in [-0.2, -0.15) is 0 Å². The molecule has 4 nitrogen and oxygen atoms in total. The van der Waals surface area contributed by atoms with E-state index < -0.39 is 0 Å². The first kappa shape index (κ1) is 16.6. The molecule has 1 atom stereocenters. The molecule has 0 aliphatic carbocycles. The molecular formula is C15H19Cl2NO3. The molecule has 0 radical (unpaired) electrons. The van der Waals surface area contributed by atoms with Crippen LogP contribution in [0.2, 0.25) is 10.0 Å². The fourth-order valence-corrected chi connectivity index (χ4v) is 2.56. The van der Waals surface area contributed by atoms with Crippen molar-refractivity contribution in [2.24, 2.45) is 0 Å². The number of hydrogen-bond donors (Lipinski definition) is 0. The summed E-state index contributed by atoms with van der Waals surface area (Å²) in [5.41, 5.74) is 0.937. The van der Waals surface area contributed by atoms with Crippen molar-refractivity contribution in [3.05, 3.63) is 33.8 Å². The van der Waals surface area contributed by atoms with E-state index in [1.165, 1.54) is 0 Å². The fourth-order valence-electron chi connectivity index (χ4n) is 2.25. The molecule has 0 saturated carbocycles. The smallest absolute Gasteiger partial charge is 0.225 e. The van der Waals surface area contributed by atoms with Crippen molar-refractivity contribution in [3.8, 4) is 0 Å². The van der Waals surface area contributed by atoms with Gasteiger partial charge in [-0.25, -0.2) is 0 Å². The Morgan fingerprint density at radius 3 is 2.95 bits per heavy atom. The van der Waals surface area contributed by atoms with Gasteiger partial charge in [0.25, 0.3) is 0 Å². The maximum absolute atomic E-state index is 12.1. The van der Waals surface area contributed by atoms with Crippen LogP contribution in [0.3, 0.4) is 0 Å². The molecule has 21 heavy (non-hydrogen) atoms. The van der Waals surface area contributed by atoms with Crippen LogP contribution in [0.25, 0.3) is 0 Å². The van der Waals surface area contributed by atoms with E-state index in [0.717, 1.165) is 5.56 Å². The number of carbonyl (C=O) groups excluding carboxylic acids is 1. The van der Waals surface area contributed by atoms with E-state index >= 15 is 0 Å². The topological polar surface area (TPSA) is 38.8 Å². The van der Waals surface area contributed by atoms with Crippen LogP contribution in [0.15, 0.2) is 18.2 Å². The Balaban J connectivity index is 1.96. The summed E-state index contributed by atoms with van der Waals surface area (Å²) < 4.78 is 11.0. The van der Waals surface area contributed by atoms with Gasteiger partial charge < -0.3 is 14.4 Å². The van der Waals surface area contributed by atoms with Gasteiger partial charge in [-0.1, -0.05) is 29.3 Å². The highest BCUT2D eigenvalue weighted by Crippen LogP contribution is 2.29. The van der Waals surface area contributed by atoms with Gasteiger partial charge in [0.05, 0.1) is 36.2 Å². The Morgan fingerprint density at radius 2 is 2.24 bits per heavy atom. The minimum absolute atomic E-state index is 0.0943. The first-order chi connectivity index (χ1) is 10.1. The Morgan fingerprint density at radius 1 is 1.43 bits per heavy atom. The van der Waals surface area contributed by atoms with Crippen LogP contribution < -0.4 is 0 Å². The van der Waals surface area contributed by atoms with Gasteiger partial charge >= 0.3 is 0 Å². The lowest BCUT2D eigenvalue weighted by Gasteiger charge is -2.33. The van der Waals surface area contributed by atoms with Crippen LogP contribution in [-0.2, 0) is 14.3 Å². The molecule has 1 saturated heterocycles. The lowest BCUT2D eigenvalue weighted by Crippen LogP contribution is -2.42. The Bertz CT molecular complexity index is 496. The highest BCUT2D eigenvalue weighted by atomic mass is 35.5. The van der Waals surface area contributed by atoms with E-state index in [4.69, 9.17) is 32.7 Å². The SMILES string of the molecule is CCOCCC(=O)N1CCOC(c2ccc(Cl)c(Cl)c2)C1. The number of benzene rings is 1. The molecule has 1 heterocycles. The molecule has 0 bridgehead atoms. The van der Waals surface area contributed by atoms with Gasteiger partial charge in [-0.05, 0) is 24.6 Å². The highest BCUT2D eigenvalue weighted by molar-refractivity contribution is 6.42. The van der Waals surface area contributed by atoms with Crippen LogP contribution in [0.5, 0.6) is 0 Å². The lowest BCUT2D eigenvalue weighted by atomic mass is 10.1. The molecule has 1 aromatic rings. The maximum Gasteiger partial charge on any atom is 0.225 e. The second-order valence-electron chi connectivity index (χ2n) is 4.82. The van der Waals surface area contributed by atoms with Crippen molar-refractivity contribution >= 4 is 29.1 Å². The minimum Gasteiger partial charge on any atom is -0.381 e. The number of nitrogens with zero attached hydrogens (tertiary/aromatic N) is 1. The monoisotopic (exact) mass is 331 g/mol. The summed E-state index contributed by atoms with van der Waals surface area (Å²) in [5, 5.41) is 1.01. The summed E-state index contributed by atoms with van der Waals surface area (Å²) in [4.78, 5) is 13.9. The number of hydrogen-bond acceptors (Lipinski definition) is 3. The highest BCUT2D eigenvalue weighted by Gasteiger charge is 2.25. The Hall–Kier alpha value is -0.810. The van der Waals surface area contributed by atoms with Crippen molar-refractivity contribution in [1.29, 1.82) is 0 Å². The summed E-state index contributed by atoms with van der Waals surface area (Å²) >= 11 is 12.0. The minimum atomic E-state index is -0.162. The molecule has 1 unspecified atom stereocenters. The number of rotatable bonds is 5. The first-order valence-electron chi connectivity index (χ1n) is 7.04. The number of carbonyl (C=O) groups is 1. The van der Waals surface area contributed by atoms with E-state index in [1.54, 1.807) is 12.1 Å². The summed E-state index contributed by atoms with van der Waals surface area (Å²) in [5.74, 6) is 0.0943. The lowest BCUT2D eigenvalue weighted by molar-refractivity contribution is -0.140. The van der Waals surface area contributed by atoms with Gasteiger partial charge in [-0.3, -0.25) is 4.79 Å². The maximum atomic E-state index is 12.1. The summed E-state index contributed by atoms with van der Waals surface area (Å²) in [6.45, 7) is 4.67.